The van der Waals surface area contributed by atoms with Crippen LogP contribution in [0.15, 0.2) is 24.3 Å². The minimum Gasteiger partial charge on any atom is -0.465 e. The molecule has 3 nitrogen and oxygen atoms in total. The van der Waals surface area contributed by atoms with E-state index in [1.807, 2.05) is 30.0 Å². The molecule has 1 aromatic rings. The van der Waals surface area contributed by atoms with E-state index in [2.05, 4.69) is 19.2 Å². The van der Waals surface area contributed by atoms with Gasteiger partial charge in [-0.2, -0.15) is 11.8 Å². The molecular weight excluding hydrogens is 258 g/mol. The molecule has 0 bridgehead atoms. The Bertz CT molecular complexity index is 459. The summed E-state index contributed by atoms with van der Waals surface area (Å²) in [7, 11) is 1.42. The first-order valence-electron chi connectivity index (χ1n) is 6.56. The van der Waals surface area contributed by atoms with Crippen molar-refractivity contribution in [1.29, 1.82) is 0 Å². The Morgan fingerprint density at radius 1 is 1.42 bits per heavy atom. The molecule has 2 rings (SSSR count). The number of esters is 1. The van der Waals surface area contributed by atoms with E-state index in [1.54, 1.807) is 6.07 Å². The van der Waals surface area contributed by atoms with E-state index < -0.39 is 0 Å². The molecule has 1 N–H and O–H groups in total. The number of hydrogen-bond donors (Lipinski definition) is 1. The number of carbonyl (C=O) groups excluding carboxylic acids is 1. The highest BCUT2D eigenvalue weighted by molar-refractivity contribution is 7.99. The molecule has 1 heterocycles. The topological polar surface area (TPSA) is 38.3 Å². The van der Waals surface area contributed by atoms with Gasteiger partial charge in [0.15, 0.2) is 0 Å². The zero-order chi connectivity index (χ0) is 13.9. The minimum absolute atomic E-state index is 0.245. The van der Waals surface area contributed by atoms with Crippen LogP contribution in [0.5, 0.6) is 0 Å². The fourth-order valence-corrected chi connectivity index (χ4v) is 3.87. The number of carbonyl (C=O) groups is 1. The lowest BCUT2D eigenvalue weighted by atomic mass is 9.82. The van der Waals surface area contributed by atoms with E-state index in [-0.39, 0.29) is 11.4 Å². The fraction of sp³-hybridized carbons (Fsp3) is 0.533. The zero-order valence-corrected chi connectivity index (χ0v) is 12.5. The monoisotopic (exact) mass is 279 g/mol. The lowest BCUT2D eigenvalue weighted by molar-refractivity contribution is 0.0601. The highest BCUT2D eigenvalue weighted by Gasteiger charge is 2.33. The largest absolute Gasteiger partial charge is 0.465 e. The summed E-state index contributed by atoms with van der Waals surface area (Å²) in [5.41, 5.74) is 1.72. The molecule has 1 fully saturated rings. The predicted octanol–water partition coefficient (Wildman–Crippen LogP) is 3.42. The second-order valence-corrected chi connectivity index (χ2v) is 6.70. The Kier molecular flexibility index (Phi) is 4.40. The summed E-state index contributed by atoms with van der Waals surface area (Å²) < 4.78 is 4.83. The first kappa shape index (κ1) is 14.3. The van der Waals surface area contributed by atoms with Crippen LogP contribution in [0.2, 0.25) is 0 Å². The molecule has 0 radical (unpaired) electrons. The van der Waals surface area contributed by atoms with Crippen molar-refractivity contribution in [2.24, 2.45) is 5.41 Å². The van der Waals surface area contributed by atoms with E-state index in [4.69, 9.17) is 4.74 Å². The second-order valence-electron chi connectivity index (χ2n) is 5.55. The van der Waals surface area contributed by atoms with Crippen LogP contribution in [-0.2, 0) is 4.74 Å². The molecule has 1 saturated heterocycles. The van der Waals surface area contributed by atoms with E-state index in [0.717, 1.165) is 11.4 Å². The normalized spacial score (nSPS) is 21.7. The molecule has 1 unspecified atom stereocenters. The maximum Gasteiger partial charge on any atom is 0.339 e. The van der Waals surface area contributed by atoms with Crippen molar-refractivity contribution in [2.45, 2.75) is 26.3 Å². The van der Waals surface area contributed by atoms with Gasteiger partial charge in [0, 0.05) is 17.5 Å². The highest BCUT2D eigenvalue weighted by atomic mass is 32.2. The SMILES string of the molecule is COC(=O)c1ccccc1NC1CSCCC1(C)C. The quantitative estimate of drug-likeness (QED) is 0.860. The summed E-state index contributed by atoms with van der Waals surface area (Å²) in [5.74, 6) is 2.00. The minimum atomic E-state index is -0.288. The number of methoxy groups -OCH3 is 1. The third kappa shape index (κ3) is 3.24. The van der Waals surface area contributed by atoms with Crippen LogP contribution < -0.4 is 5.32 Å². The van der Waals surface area contributed by atoms with Gasteiger partial charge in [0.05, 0.1) is 12.7 Å². The van der Waals surface area contributed by atoms with Crippen molar-refractivity contribution in [2.75, 3.05) is 23.9 Å². The van der Waals surface area contributed by atoms with Crippen LogP contribution in [0.25, 0.3) is 0 Å². The van der Waals surface area contributed by atoms with Gasteiger partial charge in [-0.25, -0.2) is 4.79 Å². The van der Waals surface area contributed by atoms with E-state index in [0.29, 0.717) is 11.6 Å². The molecule has 4 heteroatoms. The zero-order valence-electron chi connectivity index (χ0n) is 11.7. The first-order valence-corrected chi connectivity index (χ1v) is 7.72. The fourth-order valence-electron chi connectivity index (χ4n) is 2.26. The van der Waals surface area contributed by atoms with Gasteiger partial charge in [-0.3, -0.25) is 0 Å². The Labute approximate surface area is 119 Å². The van der Waals surface area contributed by atoms with Crippen molar-refractivity contribution in [3.63, 3.8) is 0 Å². The van der Waals surface area contributed by atoms with Crippen LogP contribution >= 0.6 is 11.8 Å². The van der Waals surface area contributed by atoms with Gasteiger partial charge in [0.1, 0.15) is 0 Å². The molecule has 104 valence electrons. The van der Waals surface area contributed by atoms with Gasteiger partial charge >= 0.3 is 5.97 Å². The smallest absolute Gasteiger partial charge is 0.339 e. The predicted molar refractivity (Wildman–Crippen MR) is 80.9 cm³/mol. The van der Waals surface area contributed by atoms with Gasteiger partial charge in [-0.1, -0.05) is 26.0 Å². The molecule has 0 aromatic heterocycles. The summed E-state index contributed by atoms with van der Waals surface area (Å²) in [4.78, 5) is 11.8. The molecule has 0 amide bonds. The summed E-state index contributed by atoms with van der Waals surface area (Å²) in [6.45, 7) is 4.57. The molecule has 0 aliphatic carbocycles. The Hall–Kier alpha value is -1.16. The maximum absolute atomic E-state index is 11.8. The summed E-state index contributed by atoms with van der Waals surface area (Å²) in [6.07, 6.45) is 1.19. The van der Waals surface area contributed by atoms with Crippen LogP contribution in [0.1, 0.15) is 30.6 Å². The van der Waals surface area contributed by atoms with Crippen LogP contribution in [0.4, 0.5) is 5.69 Å². The van der Waals surface area contributed by atoms with E-state index >= 15 is 0 Å². The molecule has 1 aliphatic heterocycles. The summed E-state index contributed by atoms with van der Waals surface area (Å²) in [5, 5.41) is 3.53. The maximum atomic E-state index is 11.8. The number of rotatable bonds is 3. The molecule has 0 saturated carbocycles. The standard InChI is InChI=1S/C15H21NO2S/c1-15(2)8-9-19-10-13(15)16-12-7-5-4-6-11(12)14(17)18-3/h4-7,13,16H,8-10H2,1-3H3. The second kappa shape index (κ2) is 5.87. The number of benzene rings is 1. The average molecular weight is 279 g/mol. The third-order valence-corrected chi connectivity index (χ3v) is 4.84. The highest BCUT2D eigenvalue weighted by Crippen LogP contribution is 2.36. The first-order chi connectivity index (χ1) is 9.04. The van der Waals surface area contributed by atoms with Gasteiger partial charge < -0.3 is 10.1 Å². The average Bonchev–Trinajstić information content (AvgIpc) is 2.41. The van der Waals surface area contributed by atoms with Crippen molar-refractivity contribution >= 4 is 23.4 Å². The molecule has 1 aromatic carbocycles. The van der Waals surface area contributed by atoms with Crippen LogP contribution in [0.3, 0.4) is 0 Å². The molecule has 0 spiro atoms. The van der Waals surface area contributed by atoms with Crippen molar-refractivity contribution in [1.82, 2.24) is 0 Å². The number of para-hydroxylation sites is 1. The molecule has 1 atom stereocenters. The molecule has 19 heavy (non-hydrogen) atoms. The van der Waals surface area contributed by atoms with Crippen molar-refractivity contribution in [3.05, 3.63) is 29.8 Å². The van der Waals surface area contributed by atoms with Crippen LogP contribution in [0, 0.1) is 5.41 Å². The van der Waals surface area contributed by atoms with Gasteiger partial charge in [-0.05, 0) is 29.7 Å². The Morgan fingerprint density at radius 3 is 2.84 bits per heavy atom. The van der Waals surface area contributed by atoms with Crippen molar-refractivity contribution in [3.8, 4) is 0 Å². The third-order valence-electron chi connectivity index (χ3n) is 3.78. The number of ether oxygens (including phenoxy) is 1. The Morgan fingerprint density at radius 2 is 2.16 bits per heavy atom. The Balaban J connectivity index is 2.21. The van der Waals surface area contributed by atoms with Gasteiger partial charge in [0.2, 0.25) is 0 Å². The van der Waals surface area contributed by atoms with Gasteiger partial charge in [0.25, 0.3) is 0 Å². The van der Waals surface area contributed by atoms with Crippen LogP contribution in [-0.4, -0.2) is 30.6 Å². The number of hydrogen-bond acceptors (Lipinski definition) is 4. The summed E-state index contributed by atoms with van der Waals surface area (Å²) >= 11 is 1.97. The molecule has 1 aliphatic rings. The number of anilines is 1. The van der Waals surface area contributed by atoms with Gasteiger partial charge in [-0.15, -0.1) is 0 Å². The van der Waals surface area contributed by atoms with Crippen molar-refractivity contribution < 1.29 is 9.53 Å². The number of thioether (sulfide) groups is 1. The lowest BCUT2D eigenvalue weighted by Gasteiger charge is -2.39. The lowest BCUT2D eigenvalue weighted by Crippen LogP contribution is -2.42. The molecular formula is C15H21NO2S. The number of nitrogens with one attached hydrogen (secondary N) is 1. The van der Waals surface area contributed by atoms with E-state index in [9.17, 15) is 4.79 Å². The van der Waals surface area contributed by atoms with E-state index in [1.165, 1.54) is 19.3 Å². The summed E-state index contributed by atoms with van der Waals surface area (Å²) in [6, 6.07) is 7.92.